The summed E-state index contributed by atoms with van der Waals surface area (Å²) in [6.45, 7) is 4.59. The summed E-state index contributed by atoms with van der Waals surface area (Å²) in [5.41, 5.74) is 0.234. The minimum Gasteiger partial charge on any atom is -0.381 e. The fourth-order valence-electron chi connectivity index (χ4n) is 3.61. The number of carbonyl (C=O) groups excluding carboxylic acids is 1. The monoisotopic (exact) mass is 359 g/mol. The number of aryl methyl sites for hydroxylation is 2. The highest BCUT2D eigenvalue weighted by Crippen LogP contribution is 2.35. The number of ether oxygens (including phenoxy) is 1. The van der Waals surface area contributed by atoms with E-state index < -0.39 is 5.41 Å². The topological polar surface area (TPSA) is 56.2 Å². The van der Waals surface area contributed by atoms with Crippen molar-refractivity contribution in [1.82, 2.24) is 14.9 Å². The highest BCUT2D eigenvalue weighted by molar-refractivity contribution is 5.88. The van der Waals surface area contributed by atoms with E-state index in [4.69, 9.17) is 4.74 Å². The van der Waals surface area contributed by atoms with Gasteiger partial charge in [-0.05, 0) is 37.0 Å². The first-order chi connectivity index (χ1) is 12.7. The van der Waals surface area contributed by atoms with Gasteiger partial charge in [0.1, 0.15) is 11.6 Å². The first-order valence-electron chi connectivity index (χ1n) is 9.28. The molecule has 0 radical (unpaired) electrons. The maximum atomic E-state index is 13.3. The third kappa shape index (κ3) is 3.96. The Bertz CT molecular complexity index is 721. The van der Waals surface area contributed by atoms with Crippen molar-refractivity contribution in [1.29, 1.82) is 0 Å². The van der Waals surface area contributed by atoms with Gasteiger partial charge in [0.15, 0.2) is 0 Å². The molecule has 1 N–H and O–H groups in total. The van der Waals surface area contributed by atoms with Gasteiger partial charge in [0.05, 0.1) is 5.41 Å². The quantitative estimate of drug-likeness (QED) is 0.774. The van der Waals surface area contributed by atoms with Gasteiger partial charge in [-0.2, -0.15) is 0 Å². The molecule has 1 aromatic carbocycles. The van der Waals surface area contributed by atoms with Crippen LogP contribution in [0, 0.1) is 5.82 Å². The number of hydrogen-bond donors (Lipinski definition) is 1. The van der Waals surface area contributed by atoms with Crippen LogP contribution < -0.4 is 5.32 Å². The van der Waals surface area contributed by atoms with Crippen LogP contribution in [-0.4, -0.2) is 35.2 Å². The molecule has 0 spiro atoms. The smallest absolute Gasteiger partial charge is 0.230 e. The summed E-state index contributed by atoms with van der Waals surface area (Å²) in [4.78, 5) is 17.3. The van der Waals surface area contributed by atoms with Crippen LogP contribution in [0.1, 0.15) is 37.6 Å². The summed E-state index contributed by atoms with van der Waals surface area (Å²) in [6.07, 6.45) is 6.75. The minimum absolute atomic E-state index is 0.00811. The molecule has 0 atom stereocenters. The number of amides is 1. The molecule has 1 fully saturated rings. The summed E-state index contributed by atoms with van der Waals surface area (Å²) < 4.78 is 20.9. The van der Waals surface area contributed by atoms with Gasteiger partial charge < -0.3 is 14.6 Å². The van der Waals surface area contributed by atoms with Crippen LogP contribution >= 0.6 is 0 Å². The highest BCUT2D eigenvalue weighted by atomic mass is 19.1. The number of halogens is 1. The summed E-state index contributed by atoms with van der Waals surface area (Å²) >= 11 is 0. The van der Waals surface area contributed by atoms with E-state index in [-0.39, 0.29) is 11.7 Å². The van der Waals surface area contributed by atoms with Gasteiger partial charge in [-0.1, -0.05) is 19.1 Å². The first-order valence-corrected chi connectivity index (χ1v) is 9.28. The molecule has 26 heavy (non-hydrogen) atoms. The van der Waals surface area contributed by atoms with Gasteiger partial charge in [0, 0.05) is 45.1 Å². The van der Waals surface area contributed by atoms with Crippen LogP contribution in [0.25, 0.3) is 0 Å². The lowest BCUT2D eigenvalue weighted by atomic mass is 9.73. The molecule has 140 valence electrons. The Morgan fingerprint density at radius 1 is 1.31 bits per heavy atom. The summed E-state index contributed by atoms with van der Waals surface area (Å²) in [7, 11) is 0. The van der Waals surface area contributed by atoms with Crippen LogP contribution in [0.5, 0.6) is 0 Å². The molecule has 1 saturated heterocycles. The lowest BCUT2D eigenvalue weighted by Crippen LogP contribution is -2.48. The molecule has 0 unspecified atom stereocenters. The number of aromatic nitrogens is 2. The van der Waals surface area contributed by atoms with Crippen molar-refractivity contribution in [3.8, 4) is 0 Å². The third-order valence-corrected chi connectivity index (χ3v) is 5.16. The molecule has 5 nitrogen and oxygen atoms in total. The maximum Gasteiger partial charge on any atom is 0.230 e. The van der Waals surface area contributed by atoms with Crippen LogP contribution in [0.15, 0.2) is 36.7 Å². The van der Waals surface area contributed by atoms with Crippen molar-refractivity contribution in [3.05, 3.63) is 53.9 Å². The minimum atomic E-state index is -0.629. The van der Waals surface area contributed by atoms with E-state index in [1.165, 1.54) is 12.1 Å². The van der Waals surface area contributed by atoms with E-state index in [1.807, 2.05) is 12.4 Å². The van der Waals surface area contributed by atoms with E-state index >= 15 is 0 Å². The number of nitrogens with one attached hydrogen (secondary N) is 1. The predicted octanol–water partition coefficient (Wildman–Crippen LogP) is 2.84. The summed E-state index contributed by atoms with van der Waals surface area (Å²) in [5.74, 6) is 0.778. The molecule has 0 saturated carbocycles. The van der Waals surface area contributed by atoms with Crippen molar-refractivity contribution < 1.29 is 13.9 Å². The average molecular weight is 359 g/mol. The molecule has 1 aliphatic rings. The number of benzene rings is 1. The van der Waals surface area contributed by atoms with Crippen molar-refractivity contribution in [2.45, 2.75) is 44.6 Å². The Morgan fingerprint density at radius 2 is 2.04 bits per heavy atom. The van der Waals surface area contributed by atoms with Crippen LogP contribution in [0.4, 0.5) is 4.39 Å². The summed E-state index contributed by atoms with van der Waals surface area (Å²) in [6, 6.07) is 6.29. The Labute approximate surface area is 153 Å². The fraction of sp³-hybridized carbons (Fsp3) is 0.500. The number of carbonyl (C=O) groups is 1. The van der Waals surface area contributed by atoms with Gasteiger partial charge in [0.25, 0.3) is 0 Å². The van der Waals surface area contributed by atoms with Gasteiger partial charge >= 0.3 is 0 Å². The zero-order valence-corrected chi connectivity index (χ0v) is 15.2. The molecule has 2 heterocycles. The second-order valence-electron chi connectivity index (χ2n) is 6.70. The molecular formula is C20H26FN3O2. The van der Waals surface area contributed by atoms with Crippen molar-refractivity contribution >= 4 is 5.91 Å². The van der Waals surface area contributed by atoms with Crippen molar-refractivity contribution in [3.63, 3.8) is 0 Å². The van der Waals surface area contributed by atoms with Crippen LogP contribution in [-0.2, 0) is 27.9 Å². The molecule has 3 rings (SSSR count). The molecule has 1 aromatic heterocycles. The van der Waals surface area contributed by atoms with Gasteiger partial charge in [-0.25, -0.2) is 9.37 Å². The molecule has 0 bridgehead atoms. The Morgan fingerprint density at radius 3 is 2.73 bits per heavy atom. The molecule has 1 aliphatic heterocycles. The average Bonchev–Trinajstić information content (AvgIpc) is 3.13. The van der Waals surface area contributed by atoms with E-state index in [1.54, 1.807) is 12.1 Å². The van der Waals surface area contributed by atoms with Gasteiger partial charge in [0.2, 0.25) is 5.91 Å². The third-order valence-electron chi connectivity index (χ3n) is 5.16. The first kappa shape index (κ1) is 18.6. The second kappa shape index (κ2) is 8.45. The number of nitrogens with zero attached hydrogens (tertiary/aromatic N) is 2. The lowest BCUT2D eigenvalue weighted by molar-refractivity contribution is -0.130. The zero-order chi connectivity index (χ0) is 18.4. The molecular weight excluding hydrogens is 333 g/mol. The van der Waals surface area contributed by atoms with Gasteiger partial charge in [-0.3, -0.25) is 4.79 Å². The zero-order valence-electron chi connectivity index (χ0n) is 15.2. The number of rotatable bonds is 7. The lowest BCUT2D eigenvalue weighted by Gasteiger charge is -2.36. The number of hydrogen-bond acceptors (Lipinski definition) is 3. The molecule has 2 aromatic rings. The van der Waals surface area contributed by atoms with Crippen molar-refractivity contribution in [2.24, 2.45) is 0 Å². The highest BCUT2D eigenvalue weighted by Gasteiger charge is 2.41. The largest absolute Gasteiger partial charge is 0.381 e. The summed E-state index contributed by atoms with van der Waals surface area (Å²) in [5, 5.41) is 3.08. The Kier molecular flexibility index (Phi) is 6.04. The van der Waals surface area contributed by atoms with E-state index in [2.05, 4.69) is 21.8 Å². The standard InChI is InChI=1S/C20H26FN3O2/c1-2-18-22-11-13-24(18)12-3-10-23-19(25)20(8-14-26-15-9-20)16-4-6-17(21)7-5-16/h4-7,11,13H,2-3,8-10,12,14-15H2,1H3,(H,23,25). The molecule has 0 aliphatic carbocycles. The van der Waals surface area contributed by atoms with Gasteiger partial charge in [-0.15, -0.1) is 0 Å². The predicted molar refractivity (Wildman–Crippen MR) is 97.4 cm³/mol. The molecule has 1 amide bonds. The van der Waals surface area contributed by atoms with E-state index in [0.29, 0.717) is 32.6 Å². The molecule has 6 heteroatoms. The normalized spacial score (nSPS) is 16.4. The Hall–Kier alpha value is -2.21. The number of imidazole rings is 1. The SMILES string of the molecule is CCc1nccn1CCCNC(=O)C1(c2ccc(F)cc2)CCOCC1. The van der Waals surface area contributed by atoms with E-state index in [0.717, 1.165) is 30.8 Å². The van der Waals surface area contributed by atoms with Crippen LogP contribution in [0.3, 0.4) is 0 Å². The maximum absolute atomic E-state index is 13.3. The second-order valence-corrected chi connectivity index (χ2v) is 6.70. The fourth-order valence-corrected chi connectivity index (χ4v) is 3.61. The van der Waals surface area contributed by atoms with Crippen LogP contribution in [0.2, 0.25) is 0 Å². The Balaban J connectivity index is 1.62. The van der Waals surface area contributed by atoms with E-state index in [9.17, 15) is 9.18 Å². The van der Waals surface area contributed by atoms with Crippen molar-refractivity contribution in [2.75, 3.05) is 19.8 Å².